The Labute approximate surface area is 82.4 Å². The van der Waals surface area contributed by atoms with E-state index in [-0.39, 0.29) is 0 Å². The van der Waals surface area contributed by atoms with Crippen LogP contribution in [0.3, 0.4) is 0 Å². The Morgan fingerprint density at radius 1 is 1.46 bits per heavy atom. The van der Waals surface area contributed by atoms with Gasteiger partial charge in [0.1, 0.15) is 5.60 Å². The Morgan fingerprint density at radius 2 is 2.38 bits per heavy atom. The van der Waals surface area contributed by atoms with E-state index in [1.54, 1.807) is 11.3 Å². The van der Waals surface area contributed by atoms with Gasteiger partial charge in [-0.3, -0.25) is 0 Å². The molecule has 1 heterocycles. The summed E-state index contributed by atoms with van der Waals surface area (Å²) in [7, 11) is 0. The molecule has 0 amide bonds. The fourth-order valence-corrected chi connectivity index (χ4v) is 4.04. The van der Waals surface area contributed by atoms with Gasteiger partial charge in [-0.1, -0.05) is 6.07 Å². The molecule has 0 aromatic carbocycles. The van der Waals surface area contributed by atoms with Crippen molar-refractivity contribution in [3.8, 4) is 0 Å². The minimum atomic E-state index is -0.447. The smallest absolute Gasteiger partial charge is 0.102 e. The predicted molar refractivity (Wildman–Crippen MR) is 53.7 cm³/mol. The highest BCUT2D eigenvalue weighted by Gasteiger charge is 2.51. The van der Waals surface area contributed by atoms with Crippen molar-refractivity contribution in [1.82, 2.24) is 0 Å². The normalized spacial score (nSPS) is 42.8. The van der Waals surface area contributed by atoms with Crippen LogP contribution in [0.2, 0.25) is 0 Å². The third kappa shape index (κ3) is 1.02. The van der Waals surface area contributed by atoms with Gasteiger partial charge in [-0.2, -0.15) is 0 Å². The molecule has 0 aliphatic heterocycles. The third-order valence-corrected chi connectivity index (χ3v) is 4.80. The zero-order valence-corrected chi connectivity index (χ0v) is 8.39. The summed E-state index contributed by atoms with van der Waals surface area (Å²) in [6.45, 7) is 0. The molecule has 0 spiro atoms. The fraction of sp³-hybridized carbons (Fsp3) is 0.636. The summed E-state index contributed by atoms with van der Waals surface area (Å²) in [5, 5.41) is 12.6. The van der Waals surface area contributed by atoms with Gasteiger partial charge in [0, 0.05) is 4.88 Å². The molecule has 3 atom stereocenters. The van der Waals surface area contributed by atoms with E-state index in [4.69, 9.17) is 0 Å². The topological polar surface area (TPSA) is 20.2 Å². The lowest BCUT2D eigenvalue weighted by atomic mass is 9.83. The van der Waals surface area contributed by atoms with Crippen LogP contribution in [-0.4, -0.2) is 5.11 Å². The Bertz CT molecular complexity index is 306. The van der Waals surface area contributed by atoms with Crippen LogP contribution >= 0.6 is 11.3 Å². The second-order valence-corrected chi connectivity index (χ2v) is 5.43. The van der Waals surface area contributed by atoms with Crippen LogP contribution in [-0.2, 0) is 5.60 Å². The first-order valence-electron chi connectivity index (χ1n) is 5.05. The van der Waals surface area contributed by atoms with Crippen LogP contribution in [0, 0.1) is 11.8 Å². The van der Waals surface area contributed by atoms with Crippen LogP contribution in [0.25, 0.3) is 0 Å². The largest absolute Gasteiger partial charge is 0.384 e. The van der Waals surface area contributed by atoms with Crippen LogP contribution in [0.5, 0.6) is 0 Å². The predicted octanol–water partition coefficient (Wildman–Crippen LogP) is 2.76. The van der Waals surface area contributed by atoms with Gasteiger partial charge in [0.15, 0.2) is 0 Å². The molecule has 0 radical (unpaired) electrons. The molecule has 1 N–H and O–H groups in total. The first-order chi connectivity index (χ1) is 6.29. The van der Waals surface area contributed by atoms with Crippen molar-refractivity contribution in [2.75, 3.05) is 0 Å². The third-order valence-electron chi connectivity index (χ3n) is 3.76. The van der Waals surface area contributed by atoms with Crippen molar-refractivity contribution < 1.29 is 5.11 Å². The summed E-state index contributed by atoms with van der Waals surface area (Å²) in [6.07, 6.45) is 4.85. The Morgan fingerprint density at radius 3 is 2.92 bits per heavy atom. The summed E-state index contributed by atoms with van der Waals surface area (Å²) in [4.78, 5) is 1.19. The number of rotatable bonds is 1. The molecule has 0 unspecified atom stereocenters. The maximum atomic E-state index is 10.6. The van der Waals surface area contributed by atoms with Gasteiger partial charge in [-0.25, -0.2) is 0 Å². The van der Waals surface area contributed by atoms with E-state index in [1.165, 1.54) is 24.1 Å². The number of hydrogen-bond acceptors (Lipinski definition) is 2. The lowest BCUT2D eigenvalue weighted by Crippen LogP contribution is -2.30. The molecule has 2 fully saturated rings. The SMILES string of the molecule is O[C@]1(c2cccs2)C[C@@H]2CC[C@H]1C2. The van der Waals surface area contributed by atoms with E-state index in [0.29, 0.717) is 5.92 Å². The van der Waals surface area contributed by atoms with Crippen molar-refractivity contribution >= 4 is 11.3 Å². The van der Waals surface area contributed by atoms with Crippen LogP contribution in [0.15, 0.2) is 17.5 Å². The second-order valence-electron chi connectivity index (χ2n) is 4.48. The number of thiophene rings is 1. The highest BCUT2D eigenvalue weighted by Crippen LogP contribution is 2.56. The first-order valence-corrected chi connectivity index (χ1v) is 5.93. The quantitative estimate of drug-likeness (QED) is 0.729. The second kappa shape index (κ2) is 2.58. The van der Waals surface area contributed by atoms with Gasteiger partial charge in [-0.05, 0) is 49.0 Å². The van der Waals surface area contributed by atoms with Crippen molar-refractivity contribution in [2.45, 2.75) is 31.3 Å². The van der Waals surface area contributed by atoms with E-state index in [2.05, 4.69) is 11.4 Å². The van der Waals surface area contributed by atoms with Crippen molar-refractivity contribution in [2.24, 2.45) is 11.8 Å². The average molecular weight is 194 g/mol. The Balaban J connectivity index is 1.98. The lowest BCUT2D eigenvalue weighted by Gasteiger charge is -2.31. The molecular weight excluding hydrogens is 180 g/mol. The number of aliphatic hydroxyl groups is 1. The summed E-state index contributed by atoms with van der Waals surface area (Å²) in [5.74, 6) is 1.35. The van der Waals surface area contributed by atoms with E-state index >= 15 is 0 Å². The van der Waals surface area contributed by atoms with Gasteiger partial charge in [-0.15, -0.1) is 11.3 Å². The molecule has 2 saturated carbocycles. The molecule has 0 saturated heterocycles. The first kappa shape index (κ1) is 8.01. The Hall–Kier alpha value is -0.340. The minimum Gasteiger partial charge on any atom is -0.384 e. The van der Waals surface area contributed by atoms with Gasteiger partial charge in [0.25, 0.3) is 0 Å². The van der Waals surface area contributed by atoms with Gasteiger partial charge >= 0.3 is 0 Å². The molecule has 3 rings (SSSR count). The molecule has 70 valence electrons. The molecule has 1 nitrogen and oxygen atoms in total. The van der Waals surface area contributed by atoms with Crippen LogP contribution in [0.4, 0.5) is 0 Å². The molecule has 13 heavy (non-hydrogen) atoms. The van der Waals surface area contributed by atoms with Crippen molar-refractivity contribution in [3.05, 3.63) is 22.4 Å². The maximum Gasteiger partial charge on any atom is 0.102 e. The number of hydrogen-bond donors (Lipinski definition) is 1. The molecule has 2 heteroatoms. The van der Waals surface area contributed by atoms with E-state index < -0.39 is 5.60 Å². The summed E-state index contributed by atoms with van der Waals surface area (Å²) < 4.78 is 0. The highest BCUT2D eigenvalue weighted by atomic mass is 32.1. The standard InChI is InChI=1S/C11H14OS/c12-11(10-2-1-5-13-10)7-8-3-4-9(11)6-8/h1-2,5,8-9,12H,3-4,6-7H2/t8-,9+,11-/m1/s1. The molecule has 2 aliphatic rings. The van der Waals surface area contributed by atoms with Crippen LogP contribution < -0.4 is 0 Å². The van der Waals surface area contributed by atoms with Crippen LogP contribution in [0.1, 0.15) is 30.6 Å². The summed E-state index contributed by atoms with van der Waals surface area (Å²) >= 11 is 1.71. The minimum absolute atomic E-state index is 0.447. The Kier molecular flexibility index (Phi) is 1.59. The monoisotopic (exact) mass is 194 g/mol. The molecular formula is C11H14OS. The van der Waals surface area contributed by atoms with Gasteiger partial charge < -0.3 is 5.11 Å². The van der Waals surface area contributed by atoms with E-state index in [1.807, 2.05) is 6.07 Å². The van der Waals surface area contributed by atoms with Crippen molar-refractivity contribution in [3.63, 3.8) is 0 Å². The molecule has 1 aromatic heterocycles. The number of fused-ring (bicyclic) bond motifs is 2. The highest BCUT2D eigenvalue weighted by molar-refractivity contribution is 7.10. The summed E-state index contributed by atoms with van der Waals surface area (Å²) in [5.41, 5.74) is -0.447. The molecule has 2 bridgehead atoms. The van der Waals surface area contributed by atoms with E-state index in [9.17, 15) is 5.11 Å². The molecule has 2 aliphatic carbocycles. The van der Waals surface area contributed by atoms with E-state index in [0.717, 1.165) is 12.3 Å². The molecule has 1 aromatic rings. The fourth-order valence-electron chi connectivity index (χ4n) is 3.13. The maximum absolute atomic E-state index is 10.6. The lowest BCUT2D eigenvalue weighted by molar-refractivity contribution is -0.0148. The van der Waals surface area contributed by atoms with Gasteiger partial charge in [0.2, 0.25) is 0 Å². The average Bonchev–Trinajstić information content (AvgIpc) is 2.79. The summed E-state index contributed by atoms with van der Waals surface area (Å²) in [6, 6.07) is 4.13. The zero-order chi connectivity index (χ0) is 8.89. The van der Waals surface area contributed by atoms with Gasteiger partial charge in [0.05, 0.1) is 0 Å². The van der Waals surface area contributed by atoms with Crippen molar-refractivity contribution in [1.29, 1.82) is 0 Å². The zero-order valence-electron chi connectivity index (χ0n) is 7.57.